The zero-order valence-corrected chi connectivity index (χ0v) is 7.47. The Kier molecular flexibility index (Phi) is 1.76. The molecule has 70 valence electrons. The van der Waals surface area contributed by atoms with Gasteiger partial charge in [0.2, 0.25) is 0 Å². The van der Waals surface area contributed by atoms with Crippen LogP contribution in [0.5, 0.6) is 5.75 Å². The second kappa shape index (κ2) is 2.70. The van der Waals surface area contributed by atoms with E-state index in [1.54, 1.807) is 6.07 Å². The van der Waals surface area contributed by atoms with Crippen LogP contribution in [0.4, 0.5) is 3.89 Å². The molecule has 13 heavy (non-hydrogen) atoms. The molecule has 0 radical (unpaired) electrons. The molecule has 0 amide bonds. The van der Waals surface area contributed by atoms with Gasteiger partial charge >= 0.3 is 10.2 Å². The van der Waals surface area contributed by atoms with Crippen LogP contribution in [0, 0.1) is 0 Å². The normalized spacial score (nSPS) is 15.2. The number of ether oxygens (including phenoxy) is 1. The van der Waals surface area contributed by atoms with E-state index < -0.39 is 10.2 Å². The molecule has 0 saturated carbocycles. The first-order valence-corrected chi connectivity index (χ1v) is 5.16. The van der Waals surface area contributed by atoms with E-state index in [1.807, 2.05) is 0 Å². The first kappa shape index (κ1) is 8.50. The van der Waals surface area contributed by atoms with Gasteiger partial charge in [0.15, 0.2) is 0 Å². The predicted octanol–water partition coefficient (Wildman–Crippen LogP) is 1.28. The Morgan fingerprint density at radius 1 is 1.38 bits per heavy atom. The Balaban J connectivity index is 2.54. The van der Waals surface area contributed by atoms with E-state index >= 15 is 0 Å². The highest BCUT2D eigenvalue weighted by Crippen LogP contribution is 2.28. The zero-order chi connectivity index (χ0) is 9.47. The Morgan fingerprint density at radius 3 is 2.85 bits per heavy atom. The van der Waals surface area contributed by atoms with Gasteiger partial charge in [-0.25, -0.2) is 0 Å². The van der Waals surface area contributed by atoms with Crippen molar-refractivity contribution in [1.82, 2.24) is 0 Å². The monoisotopic (exact) mass is 202 g/mol. The predicted molar refractivity (Wildman–Crippen MR) is 43.9 cm³/mol. The van der Waals surface area contributed by atoms with Gasteiger partial charge in [0.05, 0.1) is 6.61 Å². The van der Waals surface area contributed by atoms with Crippen molar-refractivity contribution in [3.05, 3.63) is 23.8 Å². The van der Waals surface area contributed by atoms with Gasteiger partial charge in [-0.15, -0.1) is 3.89 Å². The lowest BCUT2D eigenvalue weighted by molar-refractivity contribution is 0.356. The lowest BCUT2D eigenvalue weighted by Crippen LogP contribution is -1.92. The highest BCUT2D eigenvalue weighted by atomic mass is 32.3. The largest absolute Gasteiger partial charge is 0.493 e. The van der Waals surface area contributed by atoms with Crippen molar-refractivity contribution in [2.45, 2.75) is 11.3 Å². The minimum absolute atomic E-state index is 0.340. The summed E-state index contributed by atoms with van der Waals surface area (Å²) in [6.45, 7) is 0.533. The molecule has 0 fully saturated rings. The summed E-state index contributed by atoms with van der Waals surface area (Å²) in [5.74, 6) is 0.471. The molecule has 1 aromatic rings. The maximum Gasteiger partial charge on any atom is 0.332 e. The zero-order valence-electron chi connectivity index (χ0n) is 6.66. The lowest BCUT2D eigenvalue weighted by Gasteiger charge is -1.99. The van der Waals surface area contributed by atoms with Gasteiger partial charge in [0.25, 0.3) is 0 Å². The maximum absolute atomic E-state index is 12.5. The summed E-state index contributed by atoms with van der Waals surface area (Å²) in [6.07, 6.45) is 0.752. The molecule has 1 heterocycles. The molecule has 1 aliphatic heterocycles. The summed E-state index contributed by atoms with van der Waals surface area (Å²) in [6, 6.07) is 4.05. The van der Waals surface area contributed by atoms with Gasteiger partial charge in [-0.1, -0.05) is 6.07 Å². The van der Waals surface area contributed by atoms with Gasteiger partial charge in [0.1, 0.15) is 10.6 Å². The van der Waals surface area contributed by atoms with Crippen molar-refractivity contribution in [1.29, 1.82) is 0 Å². The van der Waals surface area contributed by atoms with Crippen molar-refractivity contribution in [3.63, 3.8) is 0 Å². The van der Waals surface area contributed by atoms with Crippen LogP contribution in [0.15, 0.2) is 23.1 Å². The van der Waals surface area contributed by atoms with Crippen LogP contribution >= 0.6 is 0 Å². The highest BCUT2D eigenvalue weighted by Gasteiger charge is 2.17. The average molecular weight is 202 g/mol. The van der Waals surface area contributed by atoms with Crippen molar-refractivity contribution in [3.8, 4) is 5.75 Å². The third-order valence-electron chi connectivity index (χ3n) is 1.95. The summed E-state index contributed by atoms with van der Waals surface area (Å²) < 4.78 is 38.6. The van der Waals surface area contributed by atoms with E-state index in [1.165, 1.54) is 12.1 Å². The maximum atomic E-state index is 12.5. The molecular weight excluding hydrogens is 195 g/mol. The summed E-state index contributed by atoms with van der Waals surface area (Å²) in [4.78, 5) is -0.340. The Labute approximate surface area is 75.4 Å². The minimum Gasteiger partial charge on any atom is -0.493 e. The third kappa shape index (κ3) is 1.51. The van der Waals surface area contributed by atoms with E-state index in [-0.39, 0.29) is 4.90 Å². The number of fused-ring (bicyclic) bond motifs is 1. The smallest absolute Gasteiger partial charge is 0.332 e. The van der Waals surface area contributed by atoms with Crippen LogP contribution in [0.25, 0.3) is 0 Å². The van der Waals surface area contributed by atoms with Gasteiger partial charge in [-0.05, 0) is 11.6 Å². The van der Waals surface area contributed by atoms with E-state index in [0.717, 1.165) is 12.0 Å². The second-order valence-electron chi connectivity index (χ2n) is 2.81. The first-order chi connectivity index (χ1) is 6.07. The standard InChI is InChI=1S/C8H7FO3S/c9-13(10,11)7-2-1-6-3-4-12-8(6)5-7/h1-2,5H,3-4H2. The fourth-order valence-electron chi connectivity index (χ4n) is 1.30. The Hall–Kier alpha value is -1.10. The molecule has 1 aliphatic rings. The Morgan fingerprint density at radius 2 is 2.15 bits per heavy atom. The van der Waals surface area contributed by atoms with Crippen molar-refractivity contribution in [2.75, 3.05) is 6.61 Å². The van der Waals surface area contributed by atoms with Gasteiger partial charge in [0, 0.05) is 12.5 Å². The van der Waals surface area contributed by atoms with Crippen LogP contribution in [0.3, 0.4) is 0 Å². The number of halogens is 1. The second-order valence-corrected chi connectivity index (χ2v) is 4.15. The lowest BCUT2D eigenvalue weighted by atomic mass is 10.2. The average Bonchev–Trinajstić information content (AvgIpc) is 2.47. The van der Waals surface area contributed by atoms with Crippen LogP contribution < -0.4 is 4.74 Å². The molecule has 0 N–H and O–H groups in total. The third-order valence-corrected chi connectivity index (χ3v) is 2.77. The summed E-state index contributed by atoms with van der Waals surface area (Å²) >= 11 is 0. The van der Waals surface area contributed by atoms with E-state index in [4.69, 9.17) is 4.74 Å². The highest BCUT2D eigenvalue weighted by molar-refractivity contribution is 7.86. The molecule has 0 aromatic heterocycles. The molecule has 3 nitrogen and oxygen atoms in total. The van der Waals surface area contributed by atoms with Crippen LogP contribution in [-0.2, 0) is 16.6 Å². The number of hydrogen-bond donors (Lipinski definition) is 0. The van der Waals surface area contributed by atoms with Crippen molar-refractivity contribution < 1.29 is 17.0 Å². The number of hydrogen-bond acceptors (Lipinski definition) is 3. The van der Waals surface area contributed by atoms with Crippen LogP contribution in [0.1, 0.15) is 5.56 Å². The fraction of sp³-hybridized carbons (Fsp3) is 0.250. The summed E-state index contributed by atoms with van der Waals surface area (Å²) in [5, 5.41) is 0. The molecule has 0 atom stereocenters. The molecule has 0 saturated heterocycles. The molecule has 0 aliphatic carbocycles. The topological polar surface area (TPSA) is 43.4 Å². The molecule has 0 unspecified atom stereocenters. The molecule has 1 aromatic carbocycles. The Bertz CT molecular complexity index is 439. The molecule has 5 heteroatoms. The molecular formula is C8H7FO3S. The number of rotatable bonds is 1. The number of benzene rings is 1. The molecule has 2 rings (SSSR count). The first-order valence-electron chi connectivity index (χ1n) is 3.78. The SMILES string of the molecule is O=S(=O)(F)c1ccc2c(c1)OCC2. The van der Waals surface area contributed by atoms with Crippen molar-refractivity contribution >= 4 is 10.2 Å². The van der Waals surface area contributed by atoms with Gasteiger partial charge in [-0.2, -0.15) is 8.42 Å². The molecule has 0 bridgehead atoms. The van der Waals surface area contributed by atoms with Crippen LogP contribution in [0.2, 0.25) is 0 Å². The van der Waals surface area contributed by atoms with E-state index in [9.17, 15) is 12.3 Å². The van der Waals surface area contributed by atoms with Gasteiger partial charge in [-0.3, -0.25) is 0 Å². The minimum atomic E-state index is -4.60. The summed E-state index contributed by atoms with van der Waals surface area (Å²) in [7, 11) is -4.60. The summed E-state index contributed by atoms with van der Waals surface area (Å²) in [5.41, 5.74) is 0.924. The van der Waals surface area contributed by atoms with Crippen molar-refractivity contribution in [2.24, 2.45) is 0 Å². The van der Waals surface area contributed by atoms with Gasteiger partial charge < -0.3 is 4.74 Å². The quantitative estimate of drug-likeness (QED) is 0.644. The fourth-order valence-corrected chi connectivity index (χ4v) is 1.78. The van der Waals surface area contributed by atoms with Crippen LogP contribution in [-0.4, -0.2) is 15.0 Å². The van der Waals surface area contributed by atoms with E-state index in [2.05, 4.69) is 0 Å². The molecule has 0 spiro atoms. The van der Waals surface area contributed by atoms with E-state index in [0.29, 0.717) is 12.4 Å².